The van der Waals surface area contributed by atoms with Crippen LogP contribution in [0.4, 0.5) is 5.95 Å². The fraction of sp³-hybridized carbons (Fsp3) is 0.615. The van der Waals surface area contributed by atoms with Gasteiger partial charge in [0.15, 0.2) is 0 Å². The lowest BCUT2D eigenvalue weighted by atomic mass is 10.1. The Morgan fingerprint density at radius 3 is 2.68 bits per heavy atom. The van der Waals surface area contributed by atoms with E-state index in [0.717, 1.165) is 0 Å². The van der Waals surface area contributed by atoms with Gasteiger partial charge >= 0.3 is 5.97 Å². The molecule has 6 heteroatoms. The molecule has 1 aromatic rings. The van der Waals surface area contributed by atoms with Gasteiger partial charge in [0.25, 0.3) is 0 Å². The second-order valence-corrected chi connectivity index (χ2v) is 4.86. The lowest BCUT2D eigenvalue weighted by molar-refractivity contribution is 0.0524. The molecule has 0 aliphatic carbocycles. The maximum Gasteiger partial charge on any atom is 0.341 e. The molecule has 1 aromatic heterocycles. The molecule has 0 atom stereocenters. The standard InChI is InChI=1S/C13H21N3O3/c1-6-19-11(17)10-7-14-12(15-9(10)2)16-13(3,4)8-18-5/h7H,6,8H2,1-5H3,(H,14,15,16). The quantitative estimate of drug-likeness (QED) is 0.792. The zero-order chi connectivity index (χ0) is 14.5. The third kappa shape index (κ3) is 4.48. The zero-order valence-electron chi connectivity index (χ0n) is 12.1. The van der Waals surface area contributed by atoms with E-state index in [1.807, 2.05) is 13.8 Å². The maximum absolute atomic E-state index is 11.6. The summed E-state index contributed by atoms with van der Waals surface area (Å²) in [6.07, 6.45) is 1.48. The molecule has 0 radical (unpaired) electrons. The Kier molecular flexibility index (Phi) is 5.23. The summed E-state index contributed by atoms with van der Waals surface area (Å²) in [6, 6.07) is 0. The van der Waals surface area contributed by atoms with Crippen LogP contribution in [0, 0.1) is 6.92 Å². The minimum Gasteiger partial charge on any atom is -0.462 e. The summed E-state index contributed by atoms with van der Waals surface area (Å²) < 4.78 is 10.0. The normalized spacial score (nSPS) is 11.2. The predicted molar refractivity (Wildman–Crippen MR) is 72.3 cm³/mol. The highest BCUT2D eigenvalue weighted by Gasteiger charge is 2.19. The molecule has 1 N–H and O–H groups in total. The van der Waals surface area contributed by atoms with Crippen molar-refractivity contribution in [2.24, 2.45) is 0 Å². The van der Waals surface area contributed by atoms with Crippen LogP contribution in [0.1, 0.15) is 36.8 Å². The Labute approximate surface area is 113 Å². The molecule has 0 unspecified atom stereocenters. The molecule has 0 aliphatic heterocycles. The molecule has 1 rings (SSSR count). The maximum atomic E-state index is 11.6. The van der Waals surface area contributed by atoms with E-state index >= 15 is 0 Å². The average molecular weight is 267 g/mol. The first-order valence-electron chi connectivity index (χ1n) is 6.17. The predicted octanol–water partition coefficient (Wildman–Crippen LogP) is 1.80. The van der Waals surface area contributed by atoms with Crippen molar-refractivity contribution in [2.45, 2.75) is 33.2 Å². The molecule has 0 aromatic carbocycles. The van der Waals surface area contributed by atoms with Gasteiger partial charge in [0.1, 0.15) is 0 Å². The molecule has 6 nitrogen and oxygen atoms in total. The zero-order valence-corrected chi connectivity index (χ0v) is 12.1. The Bertz CT molecular complexity index is 447. The number of rotatable bonds is 6. The van der Waals surface area contributed by atoms with E-state index in [1.165, 1.54) is 6.20 Å². The minimum atomic E-state index is -0.400. The number of ether oxygens (including phenoxy) is 2. The SMILES string of the molecule is CCOC(=O)c1cnc(NC(C)(C)COC)nc1C. The van der Waals surface area contributed by atoms with Gasteiger partial charge in [-0.15, -0.1) is 0 Å². The summed E-state index contributed by atoms with van der Waals surface area (Å²) in [7, 11) is 1.64. The first-order valence-corrected chi connectivity index (χ1v) is 6.17. The number of hydrogen-bond donors (Lipinski definition) is 1. The number of hydrogen-bond acceptors (Lipinski definition) is 6. The molecule has 0 aliphatic rings. The van der Waals surface area contributed by atoms with Gasteiger partial charge in [-0.1, -0.05) is 0 Å². The van der Waals surface area contributed by atoms with Crippen LogP contribution in [0.25, 0.3) is 0 Å². The van der Waals surface area contributed by atoms with Crippen molar-refractivity contribution in [1.29, 1.82) is 0 Å². The highest BCUT2D eigenvalue weighted by Crippen LogP contribution is 2.13. The van der Waals surface area contributed by atoms with Gasteiger partial charge < -0.3 is 14.8 Å². The molecule has 0 bridgehead atoms. The molecule has 0 amide bonds. The smallest absolute Gasteiger partial charge is 0.341 e. The average Bonchev–Trinajstić information content (AvgIpc) is 2.28. The van der Waals surface area contributed by atoms with E-state index in [-0.39, 0.29) is 5.54 Å². The van der Waals surface area contributed by atoms with Crippen molar-refractivity contribution in [1.82, 2.24) is 9.97 Å². The molecule has 0 spiro atoms. The van der Waals surface area contributed by atoms with E-state index in [0.29, 0.717) is 30.4 Å². The Hall–Kier alpha value is -1.69. The van der Waals surface area contributed by atoms with Gasteiger partial charge in [-0.2, -0.15) is 0 Å². The number of carbonyl (C=O) groups is 1. The third-order valence-corrected chi connectivity index (χ3v) is 2.43. The van der Waals surface area contributed by atoms with E-state index in [2.05, 4.69) is 15.3 Å². The van der Waals surface area contributed by atoms with Crippen LogP contribution in [0.5, 0.6) is 0 Å². The Morgan fingerprint density at radius 1 is 1.47 bits per heavy atom. The number of anilines is 1. The lowest BCUT2D eigenvalue weighted by Crippen LogP contribution is -2.36. The van der Waals surface area contributed by atoms with Crippen LogP contribution >= 0.6 is 0 Å². The van der Waals surface area contributed by atoms with Gasteiger partial charge in [-0.3, -0.25) is 0 Å². The van der Waals surface area contributed by atoms with Gasteiger partial charge in [0.05, 0.1) is 30.0 Å². The first kappa shape index (κ1) is 15.4. The molecular weight excluding hydrogens is 246 g/mol. The highest BCUT2D eigenvalue weighted by molar-refractivity contribution is 5.90. The fourth-order valence-corrected chi connectivity index (χ4v) is 1.64. The third-order valence-electron chi connectivity index (χ3n) is 2.43. The molecule has 1 heterocycles. The van der Waals surface area contributed by atoms with Crippen LogP contribution < -0.4 is 5.32 Å². The monoisotopic (exact) mass is 267 g/mol. The van der Waals surface area contributed by atoms with Crippen molar-refractivity contribution in [3.63, 3.8) is 0 Å². The van der Waals surface area contributed by atoms with Crippen LogP contribution in [0.2, 0.25) is 0 Å². The molecule has 106 valence electrons. The largest absolute Gasteiger partial charge is 0.462 e. The number of carbonyl (C=O) groups excluding carboxylic acids is 1. The van der Waals surface area contributed by atoms with Crippen molar-refractivity contribution in [3.8, 4) is 0 Å². The number of methoxy groups -OCH3 is 1. The summed E-state index contributed by atoms with van der Waals surface area (Å²) in [5, 5.41) is 3.16. The molecule has 0 saturated heterocycles. The topological polar surface area (TPSA) is 73.3 Å². The second kappa shape index (κ2) is 6.47. The van der Waals surface area contributed by atoms with E-state index < -0.39 is 5.97 Å². The van der Waals surface area contributed by atoms with Gasteiger partial charge in [0.2, 0.25) is 5.95 Å². The molecule has 0 fully saturated rings. The van der Waals surface area contributed by atoms with Crippen LogP contribution in [-0.4, -0.2) is 41.8 Å². The molecule has 19 heavy (non-hydrogen) atoms. The van der Waals surface area contributed by atoms with Crippen LogP contribution in [0.3, 0.4) is 0 Å². The number of nitrogens with one attached hydrogen (secondary N) is 1. The Morgan fingerprint density at radius 2 is 2.16 bits per heavy atom. The van der Waals surface area contributed by atoms with Crippen molar-refractivity contribution in [2.75, 3.05) is 25.6 Å². The highest BCUT2D eigenvalue weighted by atomic mass is 16.5. The summed E-state index contributed by atoms with van der Waals surface area (Å²) in [5.41, 5.74) is 0.688. The summed E-state index contributed by atoms with van der Waals surface area (Å²) in [5.74, 6) is 0.0651. The Balaban J connectivity index is 2.85. The van der Waals surface area contributed by atoms with Crippen molar-refractivity contribution < 1.29 is 14.3 Å². The van der Waals surface area contributed by atoms with Gasteiger partial charge in [-0.05, 0) is 27.7 Å². The minimum absolute atomic E-state index is 0.285. The summed E-state index contributed by atoms with van der Waals surface area (Å²) >= 11 is 0. The summed E-state index contributed by atoms with van der Waals surface area (Å²) in [6.45, 7) is 8.33. The summed E-state index contributed by atoms with van der Waals surface area (Å²) in [4.78, 5) is 20.0. The van der Waals surface area contributed by atoms with E-state index in [9.17, 15) is 4.79 Å². The number of esters is 1. The number of nitrogens with zero attached hydrogens (tertiary/aromatic N) is 2. The van der Waals surface area contributed by atoms with E-state index in [4.69, 9.17) is 9.47 Å². The van der Waals surface area contributed by atoms with Crippen LogP contribution in [-0.2, 0) is 9.47 Å². The van der Waals surface area contributed by atoms with Gasteiger partial charge in [-0.25, -0.2) is 14.8 Å². The first-order chi connectivity index (χ1) is 8.89. The van der Waals surface area contributed by atoms with Crippen LogP contribution in [0.15, 0.2) is 6.20 Å². The van der Waals surface area contributed by atoms with Gasteiger partial charge in [0, 0.05) is 13.3 Å². The van der Waals surface area contributed by atoms with Crippen molar-refractivity contribution >= 4 is 11.9 Å². The number of aromatic nitrogens is 2. The molecule has 0 saturated carbocycles. The lowest BCUT2D eigenvalue weighted by Gasteiger charge is -2.25. The molecular formula is C13H21N3O3. The second-order valence-electron chi connectivity index (χ2n) is 4.86. The number of aryl methyl sites for hydroxylation is 1. The fourth-order valence-electron chi connectivity index (χ4n) is 1.64. The van der Waals surface area contributed by atoms with E-state index in [1.54, 1.807) is 21.0 Å². The van der Waals surface area contributed by atoms with Crippen molar-refractivity contribution in [3.05, 3.63) is 17.5 Å².